The highest BCUT2D eigenvalue weighted by Gasteiger charge is 2.14. The van der Waals surface area contributed by atoms with Gasteiger partial charge in [0.05, 0.1) is 0 Å². The smallest absolute Gasteiger partial charge is 0.262 e. The van der Waals surface area contributed by atoms with Crippen LogP contribution < -0.4 is 11.0 Å². The van der Waals surface area contributed by atoms with Crippen molar-refractivity contribution in [2.45, 2.75) is 0 Å². The van der Waals surface area contributed by atoms with Crippen LogP contribution in [0.25, 0.3) is 5.76 Å². The predicted molar refractivity (Wildman–Crippen MR) is 71.8 cm³/mol. The first kappa shape index (κ1) is 12.8. The highest BCUT2D eigenvalue weighted by Crippen LogP contribution is 2.05. The van der Waals surface area contributed by atoms with Gasteiger partial charge in [-0.05, 0) is 0 Å². The van der Waals surface area contributed by atoms with E-state index in [1.165, 1.54) is 12.1 Å². The van der Waals surface area contributed by atoms with Crippen molar-refractivity contribution in [3.8, 4) is 0 Å². The number of rotatable bonds is 3. The van der Waals surface area contributed by atoms with E-state index in [0.29, 0.717) is 11.0 Å². The van der Waals surface area contributed by atoms with Crippen molar-refractivity contribution in [2.24, 2.45) is 0 Å². The van der Waals surface area contributed by atoms with E-state index < -0.39 is 11.3 Å². The van der Waals surface area contributed by atoms with E-state index in [9.17, 15) is 9.59 Å². The summed E-state index contributed by atoms with van der Waals surface area (Å²) in [6.45, 7) is 3.23. The SMILES string of the molecule is [B]c1ccc(C(=O)c2cnc(C(=C)O)[nH]c2=O)cc1. The average molecular weight is 252 g/mol. The molecule has 1 aromatic carbocycles. The Hall–Kier alpha value is -2.63. The molecule has 0 amide bonds. The number of hydrogen-bond donors (Lipinski definition) is 2. The molecule has 2 N–H and O–H groups in total. The zero-order valence-corrected chi connectivity index (χ0v) is 9.88. The summed E-state index contributed by atoms with van der Waals surface area (Å²) >= 11 is 0. The van der Waals surface area contributed by atoms with Crippen LogP contribution in [0.1, 0.15) is 21.7 Å². The van der Waals surface area contributed by atoms with Gasteiger partial charge in [0.15, 0.2) is 17.4 Å². The molecule has 5 nitrogen and oxygen atoms in total. The van der Waals surface area contributed by atoms with Gasteiger partial charge in [-0.25, -0.2) is 4.98 Å². The van der Waals surface area contributed by atoms with Crippen LogP contribution in [0, 0.1) is 0 Å². The van der Waals surface area contributed by atoms with Crippen molar-refractivity contribution in [1.82, 2.24) is 9.97 Å². The first-order chi connectivity index (χ1) is 8.99. The molecule has 0 spiro atoms. The second kappa shape index (κ2) is 4.93. The zero-order valence-electron chi connectivity index (χ0n) is 9.88. The van der Waals surface area contributed by atoms with Gasteiger partial charge in [-0.2, -0.15) is 0 Å². The molecule has 2 aromatic rings. The summed E-state index contributed by atoms with van der Waals surface area (Å²) in [5.74, 6) is -0.911. The van der Waals surface area contributed by atoms with Crippen molar-refractivity contribution in [3.05, 3.63) is 64.3 Å². The molecule has 0 saturated heterocycles. The molecule has 19 heavy (non-hydrogen) atoms. The largest absolute Gasteiger partial charge is 0.505 e. The summed E-state index contributed by atoms with van der Waals surface area (Å²) in [7, 11) is 5.52. The van der Waals surface area contributed by atoms with E-state index in [-0.39, 0.29) is 17.1 Å². The lowest BCUT2D eigenvalue weighted by atomic mass is 9.94. The summed E-state index contributed by atoms with van der Waals surface area (Å²) in [5.41, 5.74) is 0.101. The number of nitrogens with zero attached hydrogens (tertiary/aromatic N) is 1. The van der Waals surface area contributed by atoms with Crippen LogP contribution in [0.15, 0.2) is 41.8 Å². The predicted octanol–water partition coefficient (Wildman–Crippen LogP) is 0.323. The first-order valence-corrected chi connectivity index (χ1v) is 5.37. The number of aromatic amines is 1. The number of aliphatic hydroxyl groups excluding tert-OH is 1. The lowest BCUT2D eigenvalue weighted by Crippen LogP contribution is -2.21. The molecule has 2 radical (unpaired) electrons. The van der Waals surface area contributed by atoms with Crippen molar-refractivity contribution in [1.29, 1.82) is 0 Å². The van der Waals surface area contributed by atoms with E-state index in [1.807, 2.05) is 0 Å². The molecule has 0 unspecified atom stereocenters. The second-order valence-corrected chi connectivity index (χ2v) is 3.87. The van der Waals surface area contributed by atoms with Crippen molar-refractivity contribution in [3.63, 3.8) is 0 Å². The Morgan fingerprint density at radius 2 is 1.95 bits per heavy atom. The molecule has 1 heterocycles. The summed E-state index contributed by atoms with van der Waals surface area (Å²) in [5, 5.41) is 9.10. The summed E-state index contributed by atoms with van der Waals surface area (Å²) < 4.78 is 0. The molecule has 1 aromatic heterocycles. The molecule has 2 rings (SSSR count). The number of aromatic nitrogens is 2. The van der Waals surface area contributed by atoms with Crippen LogP contribution in [-0.4, -0.2) is 28.7 Å². The minimum absolute atomic E-state index is 0.0705. The van der Waals surface area contributed by atoms with Crippen LogP contribution in [-0.2, 0) is 0 Å². The van der Waals surface area contributed by atoms with Crippen molar-refractivity contribution in [2.75, 3.05) is 0 Å². The fourth-order valence-corrected chi connectivity index (χ4v) is 1.49. The Labute approximate surface area is 110 Å². The molecular weight excluding hydrogens is 243 g/mol. The molecular formula is C13H9BN2O3. The summed E-state index contributed by atoms with van der Waals surface area (Å²) in [6, 6.07) is 6.18. The Kier molecular flexibility index (Phi) is 3.33. The van der Waals surface area contributed by atoms with Gasteiger partial charge in [-0.3, -0.25) is 9.59 Å². The Bertz CT molecular complexity index is 705. The minimum Gasteiger partial charge on any atom is -0.505 e. The van der Waals surface area contributed by atoms with Crippen LogP contribution >= 0.6 is 0 Å². The van der Waals surface area contributed by atoms with Gasteiger partial charge in [-0.1, -0.05) is 36.3 Å². The molecule has 0 bridgehead atoms. The van der Waals surface area contributed by atoms with Gasteiger partial charge in [0.25, 0.3) is 5.56 Å². The van der Waals surface area contributed by atoms with E-state index in [4.69, 9.17) is 13.0 Å². The van der Waals surface area contributed by atoms with Crippen LogP contribution in [0.2, 0.25) is 0 Å². The summed E-state index contributed by atoms with van der Waals surface area (Å²) in [6.07, 6.45) is 1.11. The van der Waals surface area contributed by atoms with Crippen LogP contribution in [0.3, 0.4) is 0 Å². The van der Waals surface area contributed by atoms with E-state index >= 15 is 0 Å². The number of aliphatic hydroxyl groups is 1. The average Bonchev–Trinajstić information content (AvgIpc) is 2.38. The van der Waals surface area contributed by atoms with Gasteiger partial charge in [0.2, 0.25) is 0 Å². The van der Waals surface area contributed by atoms with Crippen molar-refractivity contribution >= 4 is 24.9 Å². The number of H-pyrrole nitrogens is 1. The Balaban J connectivity index is 2.42. The number of ketones is 1. The molecule has 6 heteroatoms. The molecule has 92 valence electrons. The van der Waals surface area contributed by atoms with E-state index in [2.05, 4.69) is 16.5 Å². The molecule has 0 aliphatic carbocycles. The number of carbonyl (C=O) groups excluding carboxylic acids is 1. The van der Waals surface area contributed by atoms with E-state index in [0.717, 1.165) is 6.20 Å². The highest BCUT2D eigenvalue weighted by molar-refractivity contribution is 6.32. The molecule has 0 aliphatic heterocycles. The van der Waals surface area contributed by atoms with E-state index in [1.54, 1.807) is 12.1 Å². The highest BCUT2D eigenvalue weighted by atomic mass is 16.3. The van der Waals surface area contributed by atoms with Gasteiger partial charge < -0.3 is 10.1 Å². The standard InChI is InChI=1S/C13H9BN2O3/c1-7(17)12-15-6-10(13(19)16-12)11(18)8-2-4-9(14)5-3-8/h2-6,17H,1H2,(H,15,16,19). The topological polar surface area (TPSA) is 83.0 Å². The molecule has 0 saturated carbocycles. The third kappa shape index (κ3) is 2.62. The van der Waals surface area contributed by atoms with Gasteiger partial charge in [0.1, 0.15) is 13.4 Å². The second-order valence-electron chi connectivity index (χ2n) is 3.87. The van der Waals surface area contributed by atoms with Gasteiger partial charge in [-0.15, -0.1) is 0 Å². The third-order valence-electron chi connectivity index (χ3n) is 2.49. The lowest BCUT2D eigenvalue weighted by Gasteiger charge is -2.02. The number of nitrogens with one attached hydrogen (secondary N) is 1. The number of benzene rings is 1. The van der Waals surface area contributed by atoms with Gasteiger partial charge >= 0.3 is 0 Å². The lowest BCUT2D eigenvalue weighted by molar-refractivity contribution is 0.103. The maximum absolute atomic E-state index is 12.1. The monoisotopic (exact) mass is 252 g/mol. The summed E-state index contributed by atoms with van der Waals surface area (Å²) in [4.78, 5) is 29.8. The maximum atomic E-state index is 12.1. The minimum atomic E-state index is -0.637. The first-order valence-electron chi connectivity index (χ1n) is 5.37. The normalized spacial score (nSPS) is 10.1. The molecule has 0 fully saturated rings. The van der Waals surface area contributed by atoms with Crippen LogP contribution in [0.5, 0.6) is 0 Å². The zero-order chi connectivity index (χ0) is 14.0. The van der Waals surface area contributed by atoms with Crippen molar-refractivity contribution < 1.29 is 9.90 Å². The quantitative estimate of drug-likeness (QED) is 0.468. The van der Waals surface area contributed by atoms with Gasteiger partial charge in [0, 0.05) is 11.8 Å². The maximum Gasteiger partial charge on any atom is 0.262 e. The Morgan fingerprint density at radius 3 is 2.47 bits per heavy atom. The fraction of sp³-hybridized carbons (Fsp3) is 0. The number of carbonyl (C=O) groups is 1. The third-order valence-corrected chi connectivity index (χ3v) is 2.49. The molecule has 0 atom stereocenters. The fourth-order valence-electron chi connectivity index (χ4n) is 1.49. The Morgan fingerprint density at radius 1 is 1.32 bits per heavy atom. The van der Waals surface area contributed by atoms with Crippen LogP contribution in [0.4, 0.5) is 0 Å². The number of hydrogen-bond acceptors (Lipinski definition) is 4. The molecule has 0 aliphatic rings.